The van der Waals surface area contributed by atoms with Gasteiger partial charge < -0.3 is 4.90 Å². The third-order valence-corrected chi connectivity index (χ3v) is 5.09. The third kappa shape index (κ3) is 4.11. The van der Waals surface area contributed by atoms with Crippen molar-refractivity contribution in [1.82, 2.24) is 4.90 Å². The third-order valence-electron chi connectivity index (χ3n) is 3.41. The first-order chi connectivity index (χ1) is 9.84. The molecule has 1 fully saturated rings. The second-order valence-corrected chi connectivity index (χ2v) is 8.19. The van der Waals surface area contributed by atoms with Crippen molar-refractivity contribution < 1.29 is 13.2 Å². The van der Waals surface area contributed by atoms with Gasteiger partial charge >= 0.3 is 0 Å². The van der Waals surface area contributed by atoms with Gasteiger partial charge in [0.15, 0.2) is 0 Å². The van der Waals surface area contributed by atoms with E-state index in [1.807, 2.05) is 6.92 Å². The summed E-state index contributed by atoms with van der Waals surface area (Å²) >= 11 is 6.06. The fraction of sp³-hybridized carbons (Fsp3) is 0.500. The van der Waals surface area contributed by atoms with Gasteiger partial charge in [0.1, 0.15) is 0 Å². The number of hydrogen-bond acceptors (Lipinski definition) is 3. The average Bonchev–Trinajstić information content (AvgIpc) is 3.20. The number of hydrogen-bond donors (Lipinski definition) is 0. The SMILES string of the molecule is CCCN(CC1CC1)C(=O)c1c(Cl)cccc1S(=O)(=O)Cl. The molecule has 0 aliphatic heterocycles. The molecule has 0 atom stereocenters. The highest BCUT2D eigenvalue weighted by atomic mass is 35.7. The molecule has 0 N–H and O–H groups in total. The molecule has 1 amide bonds. The standard InChI is InChI=1S/C14H17Cl2NO3S/c1-2-8-17(9-10-6-7-10)14(18)13-11(15)4-3-5-12(13)21(16,19)20/h3-5,10H,2,6-9H2,1H3. The van der Waals surface area contributed by atoms with Crippen LogP contribution in [-0.4, -0.2) is 32.3 Å². The molecule has 0 unspecified atom stereocenters. The Morgan fingerprint density at radius 1 is 1.38 bits per heavy atom. The zero-order valence-electron chi connectivity index (χ0n) is 11.7. The Kier molecular flexibility index (Phi) is 5.17. The Hall–Kier alpha value is -0.780. The summed E-state index contributed by atoms with van der Waals surface area (Å²) in [5.41, 5.74) is -0.0248. The Bertz CT molecular complexity index is 642. The van der Waals surface area contributed by atoms with Crippen molar-refractivity contribution >= 4 is 37.2 Å². The van der Waals surface area contributed by atoms with Crippen LogP contribution in [0.5, 0.6) is 0 Å². The maximum absolute atomic E-state index is 12.7. The minimum absolute atomic E-state index is 0.0248. The van der Waals surface area contributed by atoms with Crippen LogP contribution in [0.15, 0.2) is 23.1 Å². The number of nitrogens with zero attached hydrogens (tertiary/aromatic N) is 1. The van der Waals surface area contributed by atoms with Crippen LogP contribution in [0.4, 0.5) is 0 Å². The summed E-state index contributed by atoms with van der Waals surface area (Å²) in [6, 6.07) is 4.28. The largest absolute Gasteiger partial charge is 0.338 e. The molecule has 21 heavy (non-hydrogen) atoms. The van der Waals surface area contributed by atoms with E-state index in [4.69, 9.17) is 22.3 Å². The van der Waals surface area contributed by atoms with Crippen LogP contribution in [0.3, 0.4) is 0 Å². The van der Waals surface area contributed by atoms with Crippen molar-refractivity contribution in [3.05, 3.63) is 28.8 Å². The number of halogens is 2. The first-order valence-electron chi connectivity index (χ1n) is 6.87. The topological polar surface area (TPSA) is 54.5 Å². The Morgan fingerprint density at radius 3 is 2.57 bits per heavy atom. The Morgan fingerprint density at radius 2 is 2.05 bits per heavy atom. The molecule has 7 heteroatoms. The molecule has 1 aliphatic carbocycles. The van der Waals surface area contributed by atoms with Crippen LogP contribution in [0.1, 0.15) is 36.5 Å². The van der Waals surface area contributed by atoms with E-state index in [1.54, 1.807) is 4.90 Å². The van der Waals surface area contributed by atoms with Crippen molar-refractivity contribution in [3.63, 3.8) is 0 Å². The van der Waals surface area contributed by atoms with Gasteiger partial charge in [-0.05, 0) is 37.3 Å². The second kappa shape index (κ2) is 6.55. The number of carbonyl (C=O) groups excluding carboxylic acids is 1. The minimum Gasteiger partial charge on any atom is -0.338 e. The molecule has 1 saturated carbocycles. The molecule has 0 radical (unpaired) electrons. The number of carbonyl (C=O) groups is 1. The molecule has 0 heterocycles. The normalized spacial score (nSPS) is 15.0. The summed E-state index contributed by atoms with van der Waals surface area (Å²) in [6.07, 6.45) is 3.01. The summed E-state index contributed by atoms with van der Waals surface area (Å²) in [5.74, 6) is 0.146. The summed E-state index contributed by atoms with van der Waals surface area (Å²) in [7, 11) is 1.40. The van der Waals surface area contributed by atoms with Crippen molar-refractivity contribution in [1.29, 1.82) is 0 Å². The molecule has 2 rings (SSSR count). The van der Waals surface area contributed by atoms with Crippen molar-refractivity contribution in [2.24, 2.45) is 5.92 Å². The van der Waals surface area contributed by atoms with E-state index >= 15 is 0 Å². The first-order valence-corrected chi connectivity index (χ1v) is 9.55. The lowest BCUT2D eigenvalue weighted by Crippen LogP contribution is -2.34. The number of rotatable bonds is 6. The van der Waals surface area contributed by atoms with E-state index < -0.39 is 9.05 Å². The highest BCUT2D eigenvalue weighted by molar-refractivity contribution is 8.13. The summed E-state index contributed by atoms with van der Waals surface area (Å²) < 4.78 is 23.3. The van der Waals surface area contributed by atoms with Gasteiger partial charge in [-0.2, -0.15) is 0 Å². The second-order valence-electron chi connectivity index (χ2n) is 5.25. The predicted molar refractivity (Wildman–Crippen MR) is 83.4 cm³/mol. The fourth-order valence-electron chi connectivity index (χ4n) is 2.23. The molecule has 0 aromatic heterocycles. The van der Waals surface area contributed by atoms with Gasteiger partial charge in [0.05, 0.1) is 15.5 Å². The van der Waals surface area contributed by atoms with Gasteiger partial charge in [-0.25, -0.2) is 8.42 Å². The maximum atomic E-state index is 12.7. The van der Waals surface area contributed by atoms with Gasteiger partial charge in [0.25, 0.3) is 15.0 Å². The zero-order chi connectivity index (χ0) is 15.6. The van der Waals surface area contributed by atoms with Gasteiger partial charge in [-0.15, -0.1) is 0 Å². The highest BCUT2D eigenvalue weighted by Crippen LogP contribution is 2.32. The van der Waals surface area contributed by atoms with Crippen molar-refractivity contribution in [2.75, 3.05) is 13.1 Å². The predicted octanol–water partition coefficient (Wildman–Crippen LogP) is 3.53. The molecule has 4 nitrogen and oxygen atoms in total. The lowest BCUT2D eigenvalue weighted by Gasteiger charge is -2.23. The highest BCUT2D eigenvalue weighted by Gasteiger charge is 2.30. The fourth-order valence-corrected chi connectivity index (χ4v) is 3.61. The summed E-state index contributed by atoms with van der Waals surface area (Å²) in [6.45, 7) is 3.18. The molecule has 1 aliphatic rings. The monoisotopic (exact) mass is 349 g/mol. The van der Waals surface area contributed by atoms with E-state index in [1.165, 1.54) is 18.2 Å². The molecule has 116 valence electrons. The van der Waals surface area contributed by atoms with E-state index in [-0.39, 0.29) is 21.4 Å². The zero-order valence-corrected chi connectivity index (χ0v) is 14.0. The van der Waals surface area contributed by atoms with Gasteiger partial charge in [0.2, 0.25) is 0 Å². The van der Waals surface area contributed by atoms with E-state index in [0.717, 1.165) is 19.3 Å². The van der Waals surface area contributed by atoms with Crippen LogP contribution in [-0.2, 0) is 9.05 Å². The molecule has 0 saturated heterocycles. The van der Waals surface area contributed by atoms with Gasteiger partial charge in [-0.1, -0.05) is 24.6 Å². The lowest BCUT2D eigenvalue weighted by molar-refractivity contribution is 0.0744. The molecule has 1 aromatic rings. The van der Waals surface area contributed by atoms with Crippen LogP contribution >= 0.6 is 22.3 Å². The van der Waals surface area contributed by atoms with Crippen molar-refractivity contribution in [2.45, 2.75) is 31.1 Å². The smallest absolute Gasteiger partial charge is 0.262 e. The molecular formula is C14H17Cl2NO3S. The van der Waals surface area contributed by atoms with E-state index in [2.05, 4.69) is 0 Å². The lowest BCUT2D eigenvalue weighted by atomic mass is 10.1. The van der Waals surface area contributed by atoms with Gasteiger partial charge in [-0.3, -0.25) is 4.79 Å². The summed E-state index contributed by atoms with van der Waals surface area (Å²) in [4.78, 5) is 14.2. The molecule has 0 bridgehead atoms. The van der Waals surface area contributed by atoms with Crippen LogP contribution in [0.2, 0.25) is 5.02 Å². The quantitative estimate of drug-likeness (QED) is 0.738. The van der Waals surface area contributed by atoms with E-state index in [9.17, 15) is 13.2 Å². The van der Waals surface area contributed by atoms with Crippen LogP contribution in [0, 0.1) is 5.92 Å². The first kappa shape index (κ1) is 16.6. The van der Waals surface area contributed by atoms with Gasteiger partial charge in [0, 0.05) is 23.8 Å². The van der Waals surface area contributed by atoms with Crippen LogP contribution in [0.25, 0.3) is 0 Å². The van der Waals surface area contributed by atoms with Crippen molar-refractivity contribution in [3.8, 4) is 0 Å². The van der Waals surface area contributed by atoms with E-state index in [0.29, 0.717) is 19.0 Å². The maximum Gasteiger partial charge on any atom is 0.262 e. The number of amides is 1. The Labute approximate surface area is 134 Å². The number of benzene rings is 1. The van der Waals surface area contributed by atoms with Crippen LogP contribution < -0.4 is 0 Å². The molecule has 0 spiro atoms. The summed E-state index contributed by atoms with van der Waals surface area (Å²) in [5, 5.41) is 0.110. The Balaban J connectivity index is 2.40. The average molecular weight is 350 g/mol. The molecule has 1 aromatic carbocycles. The molecular weight excluding hydrogens is 333 g/mol. The minimum atomic E-state index is -4.02.